The predicted molar refractivity (Wildman–Crippen MR) is 127 cm³/mol. The Bertz CT molecular complexity index is 991. The van der Waals surface area contributed by atoms with Crippen molar-refractivity contribution in [3.05, 3.63) is 43.4 Å². The van der Waals surface area contributed by atoms with E-state index in [1.807, 2.05) is 26.0 Å². The third-order valence-corrected chi connectivity index (χ3v) is 7.19. The molecule has 1 aromatic carbocycles. The van der Waals surface area contributed by atoms with Gasteiger partial charge in [0, 0.05) is 44.7 Å². The minimum Gasteiger partial charge on any atom is -0.481 e. The van der Waals surface area contributed by atoms with Gasteiger partial charge in [-0.2, -0.15) is 0 Å². The summed E-state index contributed by atoms with van der Waals surface area (Å²) in [7, 11) is 0. The zero-order valence-electron chi connectivity index (χ0n) is 16.8. The maximum atomic E-state index is 11.0. The number of aromatic nitrogens is 1. The molecule has 0 spiro atoms. The van der Waals surface area contributed by atoms with Gasteiger partial charge in [-0.15, -0.1) is 0 Å². The molecule has 4 rings (SSSR count). The first-order valence-electron chi connectivity index (χ1n) is 9.89. The number of aliphatic imine (C=N–C) groups is 1. The minimum atomic E-state index is -0.710. The average Bonchev–Trinajstić information content (AvgIpc) is 3.04. The van der Waals surface area contributed by atoms with Crippen molar-refractivity contribution in [2.24, 2.45) is 10.9 Å². The lowest BCUT2D eigenvalue weighted by Crippen LogP contribution is -2.40. The summed E-state index contributed by atoms with van der Waals surface area (Å²) in [6.45, 7) is 5.75. The number of benzene rings is 1. The smallest absolute Gasteiger partial charge is 0.303 e. The van der Waals surface area contributed by atoms with Gasteiger partial charge < -0.3 is 10.1 Å². The van der Waals surface area contributed by atoms with Crippen molar-refractivity contribution in [2.75, 3.05) is 18.0 Å². The second-order valence-electron chi connectivity index (χ2n) is 7.94. The molecule has 3 heterocycles. The molecule has 0 bridgehead atoms. The van der Waals surface area contributed by atoms with Crippen LogP contribution in [0.4, 0.5) is 11.5 Å². The van der Waals surface area contributed by atoms with Crippen molar-refractivity contribution in [3.63, 3.8) is 0 Å². The third-order valence-electron chi connectivity index (χ3n) is 5.76. The molecule has 0 amide bonds. The number of anilines is 2. The molecule has 2 aromatic rings. The van der Waals surface area contributed by atoms with Crippen molar-refractivity contribution in [3.8, 4) is 0 Å². The first kappa shape index (κ1) is 21.9. The number of aliphatic carboxylic acids is 1. The molecule has 0 saturated carbocycles. The number of aromatic amines is 1. The van der Waals surface area contributed by atoms with E-state index in [4.69, 9.17) is 21.7 Å². The molecule has 2 N–H and O–H groups in total. The number of amidine groups is 1. The van der Waals surface area contributed by atoms with Crippen LogP contribution in [0, 0.1) is 12.8 Å². The van der Waals surface area contributed by atoms with Crippen molar-refractivity contribution in [2.45, 2.75) is 39.3 Å². The summed E-state index contributed by atoms with van der Waals surface area (Å²) in [4.78, 5) is 24.1. The molecule has 6 nitrogen and oxygen atoms in total. The number of hydrogen-bond acceptors (Lipinski definition) is 4. The van der Waals surface area contributed by atoms with Gasteiger partial charge in [0.05, 0.1) is 5.69 Å². The molecule has 2 aliphatic heterocycles. The molecule has 2 aliphatic rings. The van der Waals surface area contributed by atoms with Crippen molar-refractivity contribution < 1.29 is 9.90 Å². The van der Waals surface area contributed by atoms with Crippen LogP contribution >= 0.6 is 43.5 Å². The molecule has 1 unspecified atom stereocenters. The van der Waals surface area contributed by atoms with E-state index in [0.29, 0.717) is 5.02 Å². The fraction of sp³-hybridized carbons (Fsp3) is 0.429. The zero-order chi connectivity index (χ0) is 21.6. The summed E-state index contributed by atoms with van der Waals surface area (Å²) < 4.78 is 1.75. The van der Waals surface area contributed by atoms with E-state index < -0.39 is 5.97 Å². The number of hydrogen-bond donors (Lipinski definition) is 2. The summed E-state index contributed by atoms with van der Waals surface area (Å²) in [6.07, 6.45) is 1.95. The number of fused-ring (bicyclic) bond motifs is 1. The molecule has 30 heavy (non-hydrogen) atoms. The van der Waals surface area contributed by atoms with Crippen LogP contribution in [0.25, 0.3) is 0 Å². The topological polar surface area (TPSA) is 71.9 Å². The van der Waals surface area contributed by atoms with Crippen LogP contribution in [-0.4, -0.2) is 39.9 Å². The van der Waals surface area contributed by atoms with Gasteiger partial charge in [-0.05, 0) is 82.7 Å². The highest BCUT2D eigenvalue weighted by Gasteiger charge is 2.35. The summed E-state index contributed by atoms with van der Waals surface area (Å²) in [5.41, 5.74) is 3.15. The SMILES string of the molecule is CC1=NC(N2CCC(CC(=O)O)CC2)c2cc(C)[nH]c2N1c1c(Br)cc(Cl)cc1Br. The summed E-state index contributed by atoms with van der Waals surface area (Å²) >= 11 is 13.5. The fourth-order valence-corrected chi connectivity index (χ4v) is 6.42. The number of carboxylic acids is 1. The molecule has 1 fully saturated rings. The van der Waals surface area contributed by atoms with Gasteiger partial charge >= 0.3 is 5.97 Å². The van der Waals surface area contributed by atoms with E-state index in [-0.39, 0.29) is 18.5 Å². The fourth-order valence-electron chi connectivity index (χ4n) is 4.39. The highest BCUT2D eigenvalue weighted by Crippen LogP contribution is 2.46. The molecule has 160 valence electrons. The van der Waals surface area contributed by atoms with Gasteiger partial charge in [-0.1, -0.05) is 11.6 Å². The Labute approximate surface area is 197 Å². The Hall–Kier alpha value is -1.35. The first-order valence-corrected chi connectivity index (χ1v) is 11.9. The molecule has 1 aromatic heterocycles. The number of piperidine rings is 1. The number of nitrogens with zero attached hydrogens (tertiary/aromatic N) is 3. The van der Waals surface area contributed by atoms with Crippen molar-refractivity contribution >= 4 is 66.8 Å². The zero-order valence-corrected chi connectivity index (χ0v) is 20.7. The largest absolute Gasteiger partial charge is 0.481 e. The van der Waals surface area contributed by atoms with Gasteiger partial charge in [-0.3, -0.25) is 14.6 Å². The number of carbonyl (C=O) groups is 1. The summed E-state index contributed by atoms with van der Waals surface area (Å²) in [5.74, 6) is 1.42. The molecular weight excluding hydrogens is 536 g/mol. The van der Waals surface area contributed by atoms with Crippen LogP contribution < -0.4 is 4.90 Å². The molecule has 1 atom stereocenters. The van der Waals surface area contributed by atoms with Crippen LogP contribution in [0.3, 0.4) is 0 Å². The Morgan fingerprint density at radius 2 is 1.87 bits per heavy atom. The normalized spacial score (nSPS) is 20.2. The Morgan fingerprint density at radius 1 is 1.23 bits per heavy atom. The van der Waals surface area contributed by atoms with Crippen molar-refractivity contribution in [1.29, 1.82) is 0 Å². The van der Waals surface area contributed by atoms with E-state index >= 15 is 0 Å². The summed E-state index contributed by atoms with van der Waals surface area (Å²) in [6, 6.07) is 5.91. The second-order valence-corrected chi connectivity index (χ2v) is 10.1. The highest BCUT2D eigenvalue weighted by molar-refractivity contribution is 9.11. The molecule has 1 saturated heterocycles. The lowest BCUT2D eigenvalue weighted by molar-refractivity contribution is -0.138. The Morgan fingerprint density at radius 3 is 2.47 bits per heavy atom. The standard InChI is InChI=1S/C21H23Br2ClN4O2/c1-11-7-15-20(27-5-3-13(4-6-27)8-18(29)30)26-12(2)28(21(15)25-11)19-16(22)9-14(24)10-17(19)23/h7,9-10,13,20,25H,3-6,8H2,1-2H3,(H,29,30). The van der Waals surface area contributed by atoms with E-state index in [9.17, 15) is 4.79 Å². The lowest BCUT2D eigenvalue weighted by Gasteiger charge is -2.40. The van der Waals surface area contributed by atoms with Crippen molar-refractivity contribution in [1.82, 2.24) is 9.88 Å². The first-order chi connectivity index (χ1) is 14.2. The summed E-state index contributed by atoms with van der Waals surface area (Å²) in [5, 5.41) is 9.73. The Balaban J connectivity index is 1.67. The van der Waals surface area contributed by atoms with E-state index in [2.05, 4.69) is 52.7 Å². The number of nitrogens with one attached hydrogen (secondary N) is 1. The quantitative estimate of drug-likeness (QED) is 0.465. The predicted octanol–water partition coefficient (Wildman–Crippen LogP) is 6.26. The molecule has 0 aliphatic carbocycles. The number of likely N-dealkylation sites (tertiary alicyclic amines) is 1. The third kappa shape index (κ3) is 4.20. The van der Waals surface area contributed by atoms with Crippen LogP contribution in [0.2, 0.25) is 5.02 Å². The maximum absolute atomic E-state index is 11.0. The second kappa shape index (κ2) is 8.65. The monoisotopic (exact) mass is 556 g/mol. The van der Waals surface area contributed by atoms with Gasteiger partial charge in [0.2, 0.25) is 0 Å². The Kier molecular flexibility index (Phi) is 6.30. The van der Waals surface area contributed by atoms with E-state index in [1.54, 1.807) is 0 Å². The lowest BCUT2D eigenvalue weighted by atomic mass is 9.93. The van der Waals surface area contributed by atoms with Gasteiger partial charge in [-0.25, -0.2) is 4.99 Å². The molecule has 0 radical (unpaired) electrons. The number of aryl methyl sites for hydroxylation is 1. The average molecular weight is 559 g/mol. The highest BCUT2D eigenvalue weighted by atomic mass is 79.9. The minimum absolute atomic E-state index is 0.0724. The number of rotatable bonds is 4. The number of H-pyrrole nitrogens is 1. The molecular formula is C21H23Br2ClN4O2. The van der Waals surface area contributed by atoms with Crippen LogP contribution in [0.1, 0.15) is 43.6 Å². The number of carboxylic acid groups (broad SMARTS) is 1. The van der Waals surface area contributed by atoms with E-state index in [0.717, 1.165) is 63.5 Å². The van der Waals surface area contributed by atoms with Gasteiger partial charge in [0.25, 0.3) is 0 Å². The van der Waals surface area contributed by atoms with Crippen LogP contribution in [-0.2, 0) is 4.79 Å². The molecule has 9 heteroatoms. The van der Waals surface area contributed by atoms with E-state index in [1.165, 1.54) is 0 Å². The van der Waals surface area contributed by atoms with Gasteiger partial charge in [0.1, 0.15) is 17.8 Å². The maximum Gasteiger partial charge on any atom is 0.303 e. The van der Waals surface area contributed by atoms with Crippen LogP contribution in [0.15, 0.2) is 32.1 Å². The van der Waals surface area contributed by atoms with Crippen LogP contribution in [0.5, 0.6) is 0 Å². The number of halogens is 3. The van der Waals surface area contributed by atoms with Gasteiger partial charge in [0.15, 0.2) is 0 Å².